The van der Waals surface area contributed by atoms with Crippen LogP contribution in [-0.2, 0) is 0 Å². The molecule has 1 aliphatic carbocycles. The monoisotopic (exact) mass is 246 g/mol. The summed E-state index contributed by atoms with van der Waals surface area (Å²) in [5.74, 6) is 0.823. The molecule has 0 spiro atoms. The quantitative estimate of drug-likeness (QED) is 0.825. The van der Waals surface area contributed by atoms with Gasteiger partial charge >= 0.3 is 0 Å². The maximum absolute atomic E-state index is 12.4. The highest BCUT2D eigenvalue weighted by atomic mass is 16.5. The van der Waals surface area contributed by atoms with Gasteiger partial charge in [-0.05, 0) is 38.3 Å². The van der Waals surface area contributed by atoms with Crippen LogP contribution < -0.4 is 10.1 Å². The molecular formula is C14H18N2O2. The second-order valence-electron chi connectivity index (χ2n) is 5.06. The van der Waals surface area contributed by atoms with Crippen molar-refractivity contribution < 1.29 is 9.53 Å². The summed E-state index contributed by atoms with van der Waals surface area (Å²) in [6, 6.07) is 1.73. The summed E-state index contributed by atoms with van der Waals surface area (Å²) in [5.41, 5.74) is 0.629. The van der Waals surface area contributed by atoms with Crippen molar-refractivity contribution in [3.8, 4) is 5.75 Å². The van der Waals surface area contributed by atoms with Gasteiger partial charge in [-0.1, -0.05) is 6.42 Å². The van der Waals surface area contributed by atoms with Crippen molar-refractivity contribution in [1.29, 1.82) is 0 Å². The minimum absolute atomic E-state index is 0.0653. The highest BCUT2D eigenvalue weighted by Gasteiger charge is 2.28. The molecule has 1 saturated carbocycles. The first-order valence-corrected chi connectivity index (χ1v) is 6.73. The third-order valence-electron chi connectivity index (χ3n) is 3.49. The summed E-state index contributed by atoms with van der Waals surface area (Å²) >= 11 is 0. The van der Waals surface area contributed by atoms with Gasteiger partial charge < -0.3 is 10.1 Å². The fraction of sp³-hybridized carbons (Fsp3) is 0.571. The smallest absolute Gasteiger partial charge is 0.185 e. The predicted molar refractivity (Wildman–Crippen MR) is 67.9 cm³/mol. The molecule has 18 heavy (non-hydrogen) atoms. The van der Waals surface area contributed by atoms with Crippen LogP contribution in [0.1, 0.15) is 42.5 Å². The second kappa shape index (κ2) is 5.06. The van der Waals surface area contributed by atoms with Gasteiger partial charge in [0.15, 0.2) is 5.78 Å². The Labute approximate surface area is 107 Å². The van der Waals surface area contributed by atoms with E-state index >= 15 is 0 Å². The van der Waals surface area contributed by atoms with Crippen molar-refractivity contribution in [2.24, 2.45) is 0 Å². The number of carbonyl (C=O) groups excluding carboxylic acids is 1. The first kappa shape index (κ1) is 11.7. The van der Waals surface area contributed by atoms with E-state index in [0.29, 0.717) is 17.4 Å². The molecule has 1 aromatic rings. The maximum Gasteiger partial charge on any atom is 0.185 e. The normalized spacial score (nSPS) is 23.7. The Kier molecular flexibility index (Phi) is 3.28. The standard InChI is InChI=1S/C14H18N2O2/c17-14(12-3-1-2-7-16-12)11-9-15-8-6-13(11)18-10-4-5-10/h6,8-10,12,16H,1-5,7H2/t12-/m0/s1. The highest BCUT2D eigenvalue weighted by Crippen LogP contribution is 2.29. The van der Waals surface area contributed by atoms with E-state index in [1.807, 2.05) is 0 Å². The fourth-order valence-electron chi connectivity index (χ4n) is 2.30. The lowest BCUT2D eigenvalue weighted by Crippen LogP contribution is -2.40. The number of ketones is 1. The number of ether oxygens (including phenoxy) is 1. The van der Waals surface area contributed by atoms with Crippen LogP contribution in [0.25, 0.3) is 0 Å². The molecule has 4 nitrogen and oxygen atoms in total. The van der Waals surface area contributed by atoms with Gasteiger partial charge in [-0.15, -0.1) is 0 Å². The van der Waals surface area contributed by atoms with Crippen molar-refractivity contribution in [3.05, 3.63) is 24.0 Å². The minimum Gasteiger partial charge on any atom is -0.490 e. The average Bonchev–Trinajstić information content (AvgIpc) is 3.24. The zero-order valence-corrected chi connectivity index (χ0v) is 10.4. The third kappa shape index (κ3) is 2.53. The Bertz CT molecular complexity index is 437. The van der Waals surface area contributed by atoms with E-state index in [2.05, 4.69) is 10.3 Å². The molecule has 0 radical (unpaired) electrons. The molecule has 96 valence electrons. The number of carbonyl (C=O) groups is 1. The second-order valence-corrected chi connectivity index (χ2v) is 5.06. The number of nitrogens with one attached hydrogen (secondary N) is 1. The Balaban J connectivity index is 1.78. The van der Waals surface area contributed by atoms with Crippen molar-refractivity contribution in [3.63, 3.8) is 0 Å². The molecule has 1 aliphatic heterocycles. The lowest BCUT2D eigenvalue weighted by atomic mass is 9.97. The fourth-order valence-corrected chi connectivity index (χ4v) is 2.30. The lowest BCUT2D eigenvalue weighted by Gasteiger charge is -2.22. The maximum atomic E-state index is 12.4. The first-order valence-electron chi connectivity index (χ1n) is 6.73. The van der Waals surface area contributed by atoms with Crippen LogP contribution in [0, 0.1) is 0 Å². The zero-order valence-electron chi connectivity index (χ0n) is 10.4. The molecule has 3 rings (SSSR count). The van der Waals surface area contributed by atoms with E-state index in [9.17, 15) is 4.79 Å². The predicted octanol–water partition coefficient (Wildman–Crippen LogP) is 1.95. The molecule has 0 amide bonds. The van der Waals surface area contributed by atoms with E-state index in [1.54, 1.807) is 18.5 Å². The van der Waals surface area contributed by atoms with Gasteiger partial charge in [-0.25, -0.2) is 0 Å². The van der Waals surface area contributed by atoms with Crippen LogP contribution in [0.5, 0.6) is 5.75 Å². The number of hydrogen-bond donors (Lipinski definition) is 1. The molecule has 0 unspecified atom stereocenters. The Hall–Kier alpha value is -1.42. The summed E-state index contributed by atoms with van der Waals surface area (Å²) in [7, 11) is 0. The van der Waals surface area contributed by atoms with Gasteiger partial charge in [-0.3, -0.25) is 9.78 Å². The van der Waals surface area contributed by atoms with E-state index in [0.717, 1.165) is 38.6 Å². The number of piperidine rings is 1. The molecule has 0 bridgehead atoms. The Morgan fingerprint density at radius 3 is 2.94 bits per heavy atom. The lowest BCUT2D eigenvalue weighted by molar-refractivity contribution is 0.0922. The summed E-state index contributed by atoms with van der Waals surface area (Å²) in [4.78, 5) is 16.5. The third-order valence-corrected chi connectivity index (χ3v) is 3.49. The molecule has 1 N–H and O–H groups in total. The number of Topliss-reactive ketones (excluding diaryl/α,β-unsaturated/α-hetero) is 1. The molecule has 0 aromatic carbocycles. The van der Waals surface area contributed by atoms with Crippen LogP contribution in [0.15, 0.2) is 18.5 Å². The van der Waals surface area contributed by atoms with Gasteiger partial charge in [0.1, 0.15) is 5.75 Å². The Morgan fingerprint density at radius 2 is 2.22 bits per heavy atom. The number of rotatable bonds is 4. The van der Waals surface area contributed by atoms with Crippen LogP contribution in [0.2, 0.25) is 0 Å². The average molecular weight is 246 g/mol. The Morgan fingerprint density at radius 1 is 1.33 bits per heavy atom. The minimum atomic E-state index is -0.0653. The molecule has 2 heterocycles. The van der Waals surface area contributed by atoms with Gasteiger partial charge in [0, 0.05) is 12.4 Å². The van der Waals surface area contributed by atoms with Gasteiger partial charge in [-0.2, -0.15) is 0 Å². The van der Waals surface area contributed by atoms with Crippen molar-refractivity contribution in [2.45, 2.75) is 44.2 Å². The number of hydrogen-bond acceptors (Lipinski definition) is 4. The molecule has 2 fully saturated rings. The largest absolute Gasteiger partial charge is 0.490 e. The van der Waals surface area contributed by atoms with Crippen LogP contribution in [0.3, 0.4) is 0 Å². The van der Waals surface area contributed by atoms with Crippen molar-refractivity contribution in [1.82, 2.24) is 10.3 Å². The van der Waals surface area contributed by atoms with E-state index in [1.165, 1.54) is 0 Å². The van der Waals surface area contributed by atoms with Crippen LogP contribution >= 0.6 is 0 Å². The summed E-state index contributed by atoms with van der Waals surface area (Å²) < 4.78 is 5.78. The first-order chi connectivity index (χ1) is 8.84. The number of nitrogens with zero attached hydrogens (tertiary/aromatic N) is 1. The van der Waals surface area contributed by atoms with Crippen molar-refractivity contribution in [2.75, 3.05) is 6.54 Å². The van der Waals surface area contributed by atoms with Gasteiger partial charge in [0.25, 0.3) is 0 Å². The van der Waals surface area contributed by atoms with Gasteiger partial charge in [0.05, 0.1) is 17.7 Å². The van der Waals surface area contributed by atoms with Crippen molar-refractivity contribution >= 4 is 5.78 Å². The summed E-state index contributed by atoms with van der Waals surface area (Å²) in [6.07, 6.45) is 8.99. The highest BCUT2D eigenvalue weighted by molar-refractivity contribution is 6.02. The van der Waals surface area contributed by atoms with Crippen LogP contribution in [0.4, 0.5) is 0 Å². The molecule has 1 saturated heterocycles. The van der Waals surface area contributed by atoms with Gasteiger partial charge in [0.2, 0.25) is 0 Å². The van der Waals surface area contributed by atoms with E-state index < -0.39 is 0 Å². The summed E-state index contributed by atoms with van der Waals surface area (Å²) in [5, 5.41) is 3.28. The molecule has 1 aromatic heterocycles. The summed E-state index contributed by atoms with van der Waals surface area (Å²) in [6.45, 7) is 0.926. The zero-order chi connectivity index (χ0) is 12.4. The molecular weight excluding hydrogens is 228 g/mol. The topological polar surface area (TPSA) is 51.2 Å². The molecule has 4 heteroatoms. The molecule has 1 atom stereocenters. The van der Waals surface area contributed by atoms with Crippen LogP contribution in [-0.4, -0.2) is 29.5 Å². The SMILES string of the molecule is O=C(c1cnccc1OC1CC1)[C@@H]1CCCCN1. The van der Waals surface area contributed by atoms with E-state index in [-0.39, 0.29) is 11.8 Å². The number of pyridine rings is 1. The van der Waals surface area contributed by atoms with E-state index in [4.69, 9.17) is 4.74 Å². The molecule has 2 aliphatic rings. The number of aromatic nitrogens is 1.